The number of hydrogen-bond donors (Lipinski definition) is 2. The Hall–Kier alpha value is -0.960. The van der Waals surface area contributed by atoms with Crippen molar-refractivity contribution in [2.75, 3.05) is 11.9 Å². The first-order valence-corrected chi connectivity index (χ1v) is 4.65. The number of thiol groups is 1. The van der Waals surface area contributed by atoms with E-state index < -0.39 is 0 Å². The monoisotopic (exact) mass is 195 g/mol. The highest BCUT2D eigenvalue weighted by atomic mass is 32.1. The van der Waals surface area contributed by atoms with Crippen molar-refractivity contribution in [2.45, 2.75) is 11.3 Å². The topological polar surface area (TPSA) is 12.0 Å². The minimum atomic E-state index is -0.239. The summed E-state index contributed by atoms with van der Waals surface area (Å²) in [6.07, 6.45) is 4.92. The van der Waals surface area contributed by atoms with E-state index in [9.17, 15) is 4.39 Å². The van der Waals surface area contributed by atoms with Crippen molar-refractivity contribution >= 4 is 24.4 Å². The predicted octanol–water partition coefficient (Wildman–Crippen LogP) is 2.94. The molecule has 1 aromatic rings. The molecule has 3 heteroatoms. The summed E-state index contributed by atoms with van der Waals surface area (Å²) in [4.78, 5) is 0.668. The Morgan fingerprint density at radius 1 is 1.38 bits per heavy atom. The molecule has 0 bridgehead atoms. The number of anilines is 1. The number of nitrogens with one attached hydrogen (secondary N) is 1. The largest absolute Gasteiger partial charge is 0.383 e. The summed E-state index contributed by atoms with van der Waals surface area (Å²) in [7, 11) is 0. The summed E-state index contributed by atoms with van der Waals surface area (Å²) < 4.78 is 13.0. The van der Waals surface area contributed by atoms with Gasteiger partial charge in [0.15, 0.2) is 0 Å². The summed E-state index contributed by atoms with van der Waals surface area (Å²) in [5.41, 5.74) is 1.81. The average molecular weight is 195 g/mol. The summed E-state index contributed by atoms with van der Waals surface area (Å²) in [6.45, 7) is 0.878. The van der Waals surface area contributed by atoms with Gasteiger partial charge in [-0.2, -0.15) is 0 Å². The van der Waals surface area contributed by atoms with Crippen LogP contribution in [0.2, 0.25) is 0 Å². The van der Waals surface area contributed by atoms with Gasteiger partial charge in [-0.1, -0.05) is 12.2 Å². The molecule has 0 atom stereocenters. The van der Waals surface area contributed by atoms with Crippen LogP contribution in [0.1, 0.15) is 12.0 Å². The number of benzene rings is 1. The third-order valence-corrected chi connectivity index (χ3v) is 2.38. The molecule has 0 spiro atoms. The highest BCUT2D eigenvalue weighted by Crippen LogP contribution is 2.28. The standard InChI is InChI=1S/C10H10FNS/c11-8-5-7-3-1-2-4-12-10(7)9(13)6-8/h1,3,5-6,12-13H,2,4H2. The second-order valence-corrected chi connectivity index (χ2v) is 3.49. The van der Waals surface area contributed by atoms with Gasteiger partial charge in [0, 0.05) is 17.0 Å². The van der Waals surface area contributed by atoms with Crippen LogP contribution in [0.25, 0.3) is 6.08 Å². The predicted molar refractivity (Wildman–Crippen MR) is 55.8 cm³/mol. The maximum Gasteiger partial charge on any atom is 0.125 e. The van der Waals surface area contributed by atoms with Gasteiger partial charge < -0.3 is 5.32 Å². The molecule has 0 saturated carbocycles. The first-order chi connectivity index (χ1) is 6.27. The van der Waals surface area contributed by atoms with Crippen LogP contribution in [-0.2, 0) is 0 Å². The summed E-state index contributed by atoms with van der Waals surface area (Å²) in [6, 6.07) is 2.94. The number of hydrogen-bond acceptors (Lipinski definition) is 2. The Bertz CT molecular complexity index is 360. The van der Waals surface area contributed by atoms with E-state index in [4.69, 9.17) is 0 Å². The fourth-order valence-electron chi connectivity index (χ4n) is 1.43. The minimum Gasteiger partial charge on any atom is -0.383 e. The van der Waals surface area contributed by atoms with E-state index >= 15 is 0 Å². The van der Waals surface area contributed by atoms with E-state index in [1.54, 1.807) is 0 Å². The second-order valence-electron chi connectivity index (χ2n) is 3.01. The minimum absolute atomic E-state index is 0.239. The summed E-state index contributed by atoms with van der Waals surface area (Å²) >= 11 is 4.22. The molecule has 68 valence electrons. The Balaban J connectivity index is 2.56. The third-order valence-electron chi connectivity index (χ3n) is 2.02. The van der Waals surface area contributed by atoms with Crippen LogP contribution in [-0.4, -0.2) is 6.54 Å². The molecule has 1 nitrogen and oxygen atoms in total. The molecule has 0 aromatic heterocycles. The van der Waals surface area contributed by atoms with Crippen LogP contribution in [0.15, 0.2) is 23.1 Å². The van der Waals surface area contributed by atoms with Crippen LogP contribution in [0.4, 0.5) is 10.1 Å². The molecule has 1 heterocycles. The molecule has 0 unspecified atom stereocenters. The van der Waals surface area contributed by atoms with Crippen LogP contribution in [0.3, 0.4) is 0 Å². The van der Waals surface area contributed by atoms with Gasteiger partial charge in [-0.25, -0.2) is 4.39 Å². The van der Waals surface area contributed by atoms with Crippen LogP contribution >= 0.6 is 12.6 Å². The van der Waals surface area contributed by atoms with Gasteiger partial charge in [0.2, 0.25) is 0 Å². The fourth-order valence-corrected chi connectivity index (χ4v) is 1.76. The normalized spacial score (nSPS) is 14.6. The summed E-state index contributed by atoms with van der Waals surface area (Å²) in [5, 5.41) is 3.22. The van der Waals surface area contributed by atoms with Crippen molar-refractivity contribution in [2.24, 2.45) is 0 Å². The lowest BCUT2D eigenvalue weighted by Crippen LogP contribution is -2.01. The van der Waals surface area contributed by atoms with E-state index in [1.165, 1.54) is 12.1 Å². The van der Waals surface area contributed by atoms with Gasteiger partial charge in [-0.05, 0) is 18.6 Å². The number of rotatable bonds is 0. The molecule has 0 aliphatic carbocycles. The van der Waals surface area contributed by atoms with Crippen molar-refractivity contribution in [1.29, 1.82) is 0 Å². The Labute approximate surface area is 82.1 Å². The molecule has 1 aliphatic heterocycles. The number of fused-ring (bicyclic) bond motifs is 1. The molecular weight excluding hydrogens is 185 g/mol. The van der Waals surface area contributed by atoms with Crippen molar-refractivity contribution < 1.29 is 4.39 Å². The maximum atomic E-state index is 13.0. The van der Waals surface area contributed by atoms with Crippen molar-refractivity contribution in [1.82, 2.24) is 0 Å². The zero-order valence-corrected chi connectivity index (χ0v) is 7.94. The highest BCUT2D eigenvalue weighted by Gasteiger charge is 2.07. The molecule has 0 radical (unpaired) electrons. The SMILES string of the molecule is Fc1cc(S)c2c(c1)C=CCCN2. The lowest BCUT2D eigenvalue weighted by molar-refractivity contribution is 0.624. The molecule has 1 N–H and O–H groups in total. The Morgan fingerprint density at radius 3 is 3.08 bits per heavy atom. The smallest absolute Gasteiger partial charge is 0.125 e. The lowest BCUT2D eigenvalue weighted by Gasteiger charge is -2.09. The van der Waals surface area contributed by atoms with Gasteiger partial charge in [0.05, 0.1) is 5.69 Å². The summed E-state index contributed by atoms with van der Waals surface area (Å²) in [5.74, 6) is -0.239. The van der Waals surface area contributed by atoms with Gasteiger partial charge in [-0.3, -0.25) is 0 Å². The first kappa shape index (κ1) is 8.63. The molecule has 13 heavy (non-hydrogen) atoms. The maximum absolute atomic E-state index is 13.0. The molecule has 1 aromatic carbocycles. The zero-order valence-electron chi connectivity index (χ0n) is 7.05. The lowest BCUT2D eigenvalue weighted by atomic mass is 10.1. The van der Waals surface area contributed by atoms with Crippen LogP contribution < -0.4 is 5.32 Å². The Morgan fingerprint density at radius 2 is 2.23 bits per heavy atom. The van der Waals surface area contributed by atoms with Crippen LogP contribution in [0.5, 0.6) is 0 Å². The van der Waals surface area contributed by atoms with Gasteiger partial charge in [0.25, 0.3) is 0 Å². The first-order valence-electron chi connectivity index (χ1n) is 4.20. The van der Waals surface area contributed by atoms with E-state index in [-0.39, 0.29) is 5.82 Å². The molecular formula is C10H10FNS. The van der Waals surface area contributed by atoms with E-state index in [0.717, 1.165) is 24.2 Å². The average Bonchev–Trinajstić information content (AvgIpc) is 2.28. The Kier molecular flexibility index (Phi) is 2.27. The third kappa shape index (κ3) is 1.70. The molecule has 1 aliphatic rings. The number of halogens is 1. The van der Waals surface area contributed by atoms with Gasteiger partial charge >= 0.3 is 0 Å². The highest BCUT2D eigenvalue weighted by molar-refractivity contribution is 7.80. The van der Waals surface area contributed by atoms with Gasteiger partial charge in [-0.15, -0.1) is 12.6 Å². The van der Waals surface area contributed by atoms with Gasteiger partial charge in [0.1, 0.15) is 5.82 Å². The second kappa shape index (κ2) is 3.42. The zero-order chi connectivity index (χ0) is 9.26. The van der Waals surface area contributed by atoms with Crippen molar-refractivity contribution in [3.63, 3.8) is 0 Å². The molecule has 2 rings (SSSR count). The van der Waals surface area contributed by atoms with E-state index in [0.29, 0.717) is 4.90 Å². The fraction of sp³-hybridized carbons (Fsp3) is 0.200. The van der Waals surface area contributed by atoms with Crippen molar-refractivity contribution in [3.8, 4) is 0 Å². The van der Waals surface area contributed by atoms with E-state index in [2.05, 4.69) is 17.9 Å². The quantitative estimate of drug-likeness (QED) is 0.606. The van der Waals surface area contributed by atoms with E-state index in [1.807, 2.05) is 12.2 Å². The molecule has 0 saturated heterocycles. The molecule has 0 amide bonds. The van der Waals surface area contributed by atoms with Crippen LogP contribution in [0, 0.1) is 5.82 Å². The van der Waals surface area contributed by atoms with Crippen molar-refractivity contribution in [3.05, 3.63) is 29.6 Å². The molecule has 0 fully saturated rings.